The third-order valence-electron chi connectivity index (χ3n) is 13.7. The van der Waals surface area contributed by atoms with E-state index in [-0.39, 0.29) is 36.9 Å². The lowest BCUT2D eigenvalue weighted by atomic mass is 9.45. The number of carbonyl (C=O) groups is 1. The first-order chi connectivity index (χ1) is 21.7. The molecule has 3 saturated carbocycles. The molecule has 1 heterocycles. The summed E-state index contributed by atoms with van der Waals surface area (Å²) >= 11 is 0. The largest absolute Gasteiger partial charge is 0.394 e. The van der Waals surface area contributed by atoms with Crippen LogP contribution in [0.2, 0.25) is 0 Å². The van der Waals surface area contributed by atoms with Crippen molar-refractivity contribution in [2.45, 2.75) is 159 Å². The van der Waals surface area contributed by atoms with Crippen LogP contribution in [0.4, 0.5) is 0 Å². The maximum Gasteiger partial charge on any atom is 0.187 e. The number of allylic oxidation sites excluding steroid dienone is 1. The molecular formula is C35H58O12. The smallest absolute Gasteiger partial charge is 0.187 e. The molecule has 4 fully saturated rings. The summed E-state index contributed by atoms with van der Waals surface area (Å²) in [6.07, 6.45) is -5.81. The summed E-state index contributed by atoms with van der Waals surface area (Å²) in [5.74, 6) is -1.65. The summed E-state index contributed by atoms with van der Waals surface area (Å²) in [5, 5.41) is 97.9. The Hall–Kier alpha value is -1.03. The van der Waals surface area contributed by atoms with Crippen LogP contribution in [0.3, 0.4) is 0 Å². The fourth-order valence-electron chi connectivity index (χ4n) is 10.6. The molecule has 12 nitrogen and oxygen atoms in total. The van der Waals surface area contributed by atoms with E-state index in [9.17, 15) is 50.8 Å². The molecule has 0 aromatic heterocycles. The molecule has 0 bridgehead atoms. The molecule has 0 unspecified atom stereocenters. The fourth-order valence-corrected chi connectivity index (χ4v) is 10.6. The van der Waals surface area contributed by atoms with Crippen LogP contribution in [-0.2, 0) is 14.3 Å². The zero-order chi connectivity index (χ0) is 35.1. The minimum Gasteiger partial charge on any atom is -0.394 e. The second-order valence-electron chi connectivity index (χ2n) is 16.6. The van der Waals surface area contributed by atoms with Crippen molar-refractivity contribution in [3.8, 4) is 0 Å². The van der Waals surface area contributed by atoms with E-state index in [1.54, 1.807) is 26.8 Å². The second-order valence-corrected chi connectivity index (χ2v) is 16.6. The van der Waals surface area contributed by atoms with Crippen molar-refractivity contribution in [3.05, 3.63) is 11.6 Å². The summed E-state index contributed by atoms with van der Waals surface area (Å²) in [7, 11) is 0. The van der Waals surface area contributed by atoms with Gasteiger partial charge in [0.25, 0.3) is 0 Å². The molecule has 9 N–H and O–H groups in total. The highest BCUT2D eigenvalue weighted by molar-refractivity contribution is 5.95. The Balaban J connectivity index is 1.35. The van der Waals surface area contributed by atoms with Gasteiger partial charge in [0.05, 0.1) is 41.7 Å². The Bertz CT molecular complexity index is 1200. The molecule has 1 aliphatic heterocycles. The number of hydrogen-bond acceptors (Lipinski definition) is 12. The summed E-state index contributed by atoms with van der Waals surface area (Å²) in [6, 6.07) is 0. The second kappa shape index (κ2) is 12.6. The summed E-state index contributed by atoms with van der Waals surface area (Å²) < 4.78 is 11.7. The van der Waals surface area contributed by atoms with Crippen LogP contribution in [0.1, 0.15) is 92.9 Å². The van der Waals surface area contributed by atoms with Gasteiger partial charge in [0, 0.05) is 11.3 Å². The molecule has 270 valence electrons. The molecule has 1 saturated heterocycles. The predicted molar refractivity (Wildman–Crippen MR) is 168 cm³/mol. The molecule has 16 atom stereocenters. The minimum atomic E-state index is -1.64. The van der Waals surface area contributed by atoms with Gasteiger partial charge in [-0.1, -0.05) is 27.2 Å². The van der Waals surface area contributed by atoms with Crippen molar-refractivity contribution < 1.29 is 60.2 Å². The highest BCUT2D eigenvalue weighted by atomic mass is 16.7. The normalized spacial score (nSPS) is 48.1. The lowest BCUT2D eigenvalue weighted by Crippen LogP contribution is -2.63. The summed E-state index contributed by atoms with van der Waals surface area (Å²) in [4.78, 5) is 13.5. The van der Waals surface area contributed by atoms with Crippen molar-refractivity contribution in [3.63, 3.8) is 0 Å². The molecule has 0 spiro atoms. The average molecular weight is 671 g/mol. The predicted octanol–water partition coefficient (Wildman–Crippen LogP) is 0.314. The highest BCUT2D eigenvalue weighted by Gasteiger charge is 2.69. The van der Waals surface area contributed by atoms with Crippen LogP contribution in [0.15, 0.2) is 11.6 Å². The van der Waals surface area contributed by atoms with Gasteiger partial charge in [-0.15, -0.1) is 0 Å². The maximum atomic E-state index is 13.5. The van der Waals surface area contributed by atoms with Crippen molar-refractivity contribution >= 4 is 5.78 Å². The molecule has 0 radical (unpaired) electrons. The van der Waals surface area contributed by atoms with Crippen molar-refractivity contribution in [2.24, 2.45) is 34.5 Å². The third-order valence-corrected chi connectivity index (χ3v) is 13.7. The van der Waals surface area contributed by atoms with Gasteiger partial charge in [0.1, 0.15) is 24.4 Å². The first-order valence-electron chi connectivity index (χ1n) is 17.4. The Morgan fingerprint density at radius 3 is 2.28 bits per heavy atom. The number of rotatable bonds is 9. The van der Waals surface area contributed by atoms with E-state index in [0.29, 0.717) is 37.7 Å². The van der Waals surface area contributed by atoms with Crippen molar-refractivity contribution in [1.29, 1.82) is 0 Å². The number of carbonyl (C=O) groups excluding carboxylic acids is 1. The quantitative estimate of drug-likeness (QED) is 0.162. The average Bonchev–Trinajstić information content (AvgIpc) is 3.29. The third kappa shape index (κ3) is 5.77. The summed E-state index contributed by atoms with van der Waals surface area (Å²) in [6.45, 7) is 10.3. The van der Waals surface area contributed by atoms with E-state index in [1.807, 2.05) is 20.8 Å². The number of aliphatic hydroxyl groups is 9. The topological polar surface area (TPSA) is 218 Å². The number of ketones is 1. The molecule has 0 aromatic rings. The maximum absolute atomic E-state index is 13.5. The molecule has 0 aromatic carbocycles. The van der Waals surface area contributed by atoms with E-state index >= 15 is 0 Å². The Morgan fingerprint density at radius 2 is 1.66 bits per heavy atom. The number of hydrogen-bond donors (Lipinski definition) is 9. The van der Waals surface area contributed by atoms with Crippen molar-refractivity contribution in [2.75, 3.05) is 6.61 Å². The van der Waals surface area contributed by atoms with Crippen LogP contribution in [0, 0.1) is 34.5 Å². The zero-order valence-corrected chi connectivity index (χ0v) is 28.6. The number of aliphatic hydroxyl groups excluding tert-OH is 7. The molecule has 5 rings (SSSR count). The highest BCUT2D eigenvalue weighted by Crippen LogP contribution is 2.68. The van der Waals surface area contributed by atoms with Crippen LogP contribution >= 0.6 is 0 Å². The SMILES string of the molecule is CC[C@@H](C[C@@H](O)[C@](C)(O)[C@H]1CC[C@@]2(O)C3=CC(=O)[C@H]4C[C@@H](O)[C@@H](O)C[C@]4(C)[C@H]3CC[C@]12C)C(C)(C)O[C@@H]1O[C@H](CO)[C@@H](O)[C@H](O)[C@H]1O. The van der Waals surface area contributed by atoms with Crippen LogP contribution in [0.5, 0.6) is 0 Å². The van der Waals surface area contributed by atoms with Crippen LogP contribution in [-0.4, -0.2) is 124 Å². The van der Waals surface area contributed by atoms with Gasteiger partial charge in [0.15, 0.2) is 12.1 Å². The monoisotopic (exact) mass is 670 g/mol. The molecule has 5 aliphatic rings. The Morgan fingerprint density at radius 1 is 1.00 bits per heavy atom. The van der Waals surface area contributed by atoms with E-state index < -0.39 is 95.1 Å². The molecule has 47 heavy (non-hydrogen) atoms. The van der Waals surface area contributed by atoms with E-state index in [2.05, 4.69) is 0 Å². The van der Waals surface area contributed by atoms with Gasteiger partial charge in [-0.2, -0.15) is 0 Å². The first kappa shape index (κ1) is 37.2. The van der Waals surface area contributed by atoms with Gasteiger partial charge >= 0.3 is 0 Å². The summed E-state index contributed by atoms with van der Waals surface area (Å²) in [5.41, 5.74) is -4.92. The van der Waals surface area contributed by atoms with E-state index in [0.717, 1.165) is 0 Å². The van der Waals surface area contributed by atoms with E-state index in [4.69, 9.17) is 9.47 Å². The van der Waals surface area contributed by atoms with Gasteiger partial charge in [-0.3, -0.25) is 4.79 Å². The van der Waals surface area contributed by atoms with E-state index in [1.165, 1.54) is 0 Å². The van der Waals surface area contributed by atoms with Crippen LogP contribution in [0.25, 0.3) is 0 Å². The van der Waals surface area contributed by atoms with Crippen LogP contribution < -0.4 is 0 Å². The Kier molecular flexibility index (Phi) is 10.0. The lowest BCUT2D eigenvalue weighted by Gasteiger charge is -2.60. The van der Waals surface area contributed by atoms with Gasteiger partial charge in [-0.05, 0) is 101 Å². The van der Waals surface area contributed by atoms with Crippen molar-refractivity contribution in [1.82, 2.24) is 0 Å². The zero-order valence-electron chi connectivity index (χ0n) is 28.6. The first-order valence-corrected chi connectivity index (χ1v) is 17.4. The molecule has 12 heteroatoms. The fraction of sp³-hybridized carbons (Fsp3) is 0.914. The molecule has 0 amide bonds. The lowest BCUT2D eigenvalue weighted by molar-refractivity contribution is -0.329. The van der Waals surface area contributed by atoms with Gasteiger partial charge < -0.3 is 55.4 Å². The standard InChI is InChI=1S/C35H58O12/c1-7-17(31(2,3)47-30-29(43)28(42)27(41)24(16-36)46-30)12-26(40)34(6,44)25-9-11-35(45)19-13-21(37)20-14-22(38)23(39)15-32(20,4)18(19)8-10-33(25,35)5/h13,17-18,20,22-30,36,38-45H,7-12,14-16H2,1-6H3/t17-,18-,20+,22+,23-,24+,25-,26+,27+,28-,29+,30-,32+,33+,34+,35+/m0/s1. The molecule has 4 aliphatic carbocycles. The Labute approximate surface area is 277 Å². The van der Waals surface area contributed by atoms with Gasteiger partial charge in [0.2, 0.25) is 0 Å². The number of fused-ring (bicyclic) bond motifs is 5. The molecular weight excluding hydrogens is 612 g/mol. The van der Waals surface area contributed by atoms with Gasteiger partial charge in [-0.25, -0.2) is 0 Å². The minimum absolute atomic E-state index is 0.0999. The number of ether oxygens (including phenoxy) is 2.